The molecule has 0 radical (unpaired) electrons. The molecule has 0 spiro atoms. The molecule has 0 saturated carbocycles. The highest BCUT2D eigenvalue weighted by Gasteiger charge is 2.24. The number of carbonyl (C=O) groups excluding carboxylic acids is 1. The van der Waals surface area contributed by atoms with E-state index in [0.717, 1.165) is 10.6 Å². The van der Waals surface area contributed by atoms with Gasteiger partial charge in [0, 0.05) is 25.2 Å². The van der Waals surface area contributed by atoms with Crippen LogP contribution in [0.2, 0.25) is 0 Å². The summed E-state index contributed by atoms with van der Waals surface area (Å²) in [4.78, 5) is 20.5. The molecule has 9 nitrogen and oxygen atoms in total. The van der Waals surface area contributed by atoms with Gasteiger partial charge < -0.3 is 15.5 Å². The van der Waals surface area contributed by atoms with E-state index < -0.39 is 28.0 Å². The van der Waals surface area contributed by atoms with Crippen LogP contribution in [-0.2, 0) is 21.2 Å². The maximum atomic E-state index is 13.6. The van der Waals surface area contributed by atoms with Gasteiger partial charge in [-0.25, -0.2) is 27.1 Å². The average Bonchev–Trinajstić information content (AvgIpc) is 2.76. The van der Waals surface area contributed by atoms with E-state index in [4.69, 9.17) is 0 Å². The number of hydrogen-bond acceptors (Lipinski definition) is 7. The van der Waals surface area contributed by atoms with Crippen LogP contribution >= 0.6 is 0 Å². The zero-order chi connectivity index (χ0) is 25.6. The Morgan fingerprint density at radius 2 is 1.76 bits per heavy atom. The van der Waals surface area contributed by atoms with Gasteiger partial charge in [0.15, 0.2) is 0 Å². The fourth-order valence-electron chi connectivity index (χ4n) is 3.49. The first-order valence-electron chi connectivity index (χ1n) is 11.0. The van der Waals surface area contributed by atoms with E-state index in [-0.39, 0.29) is 37.0 Å². The zero-order valence-electron chi connectivity index (χ0n) is 20.1. The van der Waals surface area contributed by atoms with E-state index in [1.807, 2.05) is 13.8 Å². The second-order valence-electron chi connectivity index (χ2n) is 8.59. The molecule has 0 aliphatic rings. The Labute approximate surface area is 200 Å². The van der Waals surface area contributed by atoms with Gasteiger partial charge in [-0.05, 0) is 49.4 Å². The van der Waals surface area contributed by atoms with Crippen molar-refractivity contribution in [3.63, 3.8) is 0 Å². The largest absolute Gasteiger partial charge is 0.393 e. The minimum atomic E-state index is -3.62. The summed E-state index contributed by atoms with van der Waals surface area (Å²) in [5, 5.41) is 23.0. The number of sulfonamides is 1. The number of aromatic nitrogens is 2. The van der Waals surface area contributed by atoms with Gasteiger partial charge in [0.25, 0.3) is 0 Å². The van der Waals surface area contributed by atoms with Crippen molar-refractivity contribution >= 4 is 21.9 Å². The van der Waals surface area contributed by atoms with Crippen molar-refractivity contribution in [1.82, 2.24) is 15.3 Å². The number of anilines is 1. The fraction of sp³-hybridized carbons (Fsp3) is 0.522. The molecule has 0 aliphatic heterocycles. The third-order valence-corrected chi connectivity index (χ3v) is 6.60. The summed E-state index contributed by atoms with van der Waals surface area (Å²) in [6, 6.07) is 5.69. The van der Waals surface area contributed by atoms with Gasteiger partial charge in [-0.1, -0.05) is 13.8 Å². The third-order valence-electron chi connectivity index (χ3n) is 5.44. The molecule has 1 aromatic heterocycles. The molecular weight excluding hydrogens is 463 g/mol. The van der Waals surface area contributed by atoms with E-state index in [9.17, 15) is 27.8 Å². The van der Waals surface area contributed by atoms with Crippen LogP contribution in [0.4, 0.5) is 10.3 Å². The number of amides is 1. The van der Waals surface area contributed by atoms with Gasteiger partial charge in [-0.2, -0.15) is 0 Å². The SMILES string of the molecule is CNC(=O)C[C@H](O)C[C@H](O)CCc1c(-c2ccc(F)cc2)nc(N(C)S(C)(=O)=O)nc1C(C)C. The van der Waals surface area contributed by atoms with E-state index >= 15 is 0 Å². The molecule has 34 heavy (non-hydrogen) atoms. The van der Waals surface area contributed by atoms with E-state index in [1.54, 1.807) is 12.1 Å². The Bertz CT molecular complexity index is 1090. The first kappa shape index (κ1) is 27.6. The predicted octanol–water partition coefficient (Wildman–Crippen LogP) is 1.98. The Morgan fingerprint density at radius 3 is 2.29 bits per heavy atom. The number of hydrogen-bond donors (Lipinski definition) is 3. The molecule has 3 N–H and O–H groups in total. The summed E-state index contributed by atoms with van der Waals surface area (Å²) in [7, 11) is -0.786. The van der Waals surface area contributed by atoms with Crippen LogP contribution in [0.3, 0.4) is 0 Å². The van der Waals surface area contributed by atoms with Crippen LogP contribution in [-0.4, -0.2) is 67.1 Å². The summed E-state index contributed by atoms with van der Waals surface area (Å²) >= 11 is 0. The molecule has 2 atom stereocenters. The van der Waals surface area contributed by atoms with Crippen molar-refractivity contribution in [1.29, 1.82) is 0 Å². The summed E-state index contributed by atoms with van der Waals surface area (Å²) in [5.74, 6) is -0.840. The number of carbonyl (C=O) groups is 1. The smallest absolute Gasteiger partial charge is 0.239 e. The molecule has 2 rings (SSSR count). The second kappa shape index (κ2) is 11.7. The van der Waals surface area contributed by atoms with Crippen molar-refractivity contribution in [2.75, 3.05) is 24.7 Å². The molecule has 0 aliphatic carbocycles. The number of halogens is 1. The Kier molecular flexibility index (Phi) is 9.48. The summed E-state index contributed by atoms with van der Waals surface area (Å²) in [6.07, 6.45) is -0.331. The zero-order valence-corrected chi connectivity index (χ0v) is 20.9. The maximum absolute atomic E-state index is 13.6. The molecule has 0 unspecified atom stereocenters. The third kappa shape index (κ3) is 7.44. The lowest BCUT2D eigenvalue weighted by atomic mass is 9.93. The number of benzene rings is 1. The summed E-state index contributed by atoms with van der Waals surface area (Å²) in [6.45, 7) is 3.82. The minimum absolute atomic E-state index is 0.00387. The first-order chi connectivity index (χ1) is 15.8. The molecular formula is C23H33FN4O5S. The van der Waals surface area contributed by atoms with E-state index in [1.165, 1.54) is 26.2 Å². The second-order valence-corrected chi connectivity index (χ2v) is 10.6. The topological polar surface area (TPSA) is 133 Å². The minimum Gasteiger partial charge on any atom is -0.393 e. The number of nitrogens with zero attached hydrogens (tertiary/aromatic N) is 3. The van der Waals surface area contributed by atoms with Crippen molar-refractivity contribution in [2.45, 2.75) is 57.7 Å². The van der Waals surface area contributed by atoms with E-state index in [0.29, 0.717) is 28.9 Å². The monoisotopic (exact) mass is 496 g/mol. The lowest BCUT2D eigenvalue weighted by molar-refractivity contribution is -0.122. The van der Waals surface area contributed by atoms with Crippen molar-refractivity contribution in [3.05, 3.63) is 41.3 Å². The summed E-state index contributed by atoms with van der Waals surface area (Å²) in [5.41, 5.74) is 2.34. The maximum Gasteiger partial charge on any atom is 0.239 e. The Hall–Kier alpha value is -2.63. The highest BCUT2D eigenvalue weighted by atomic mass is 32.2. The van der Waals surface area contributed by atoms with Crippen LogP contribution in [0.25, 0.3) is 11.3 Å². The first-order valence-corrected chi connectivity index (χ1v) is 12.9. The van der Waals surface area contributed by atoms with Gasteiger partial charge >= 0.3 is 0 Å². The van der Waals surface area contributed by atoms with Crippen LogP contribution < -0.4 is 9.62 Å². The van der Waals surface area contributed by atoms with Gasteiger partial charge in [0.1, 0.15) is 5.82 Å². The molecule has 0 saturated heterocycles. The number of aliphatic hydroxyl groups is 2. The van der Waals surface area contributed by atoms with Gasteiger partial charge in [-0.15, -0.1) is 0 Å². The van der Waals surface area contributed by atoms with Crippen LogP contribution in [0.5, 0.6) is 0 Å². The van der Waals surface area contributed by atoms with Crippen LogP contribution in [0, 0.1) is 5.82 Å². The van der Waals surface area contributed by atoms with Gasteiger partial charge in [0.2, 0.25) is 21.9 Å². The van der Waals surface area contributed by atoms with Crippen LogP contribution in [0.15, 0.2) is 24.3 Å². The Morgan fingerprint density at radius 1 is 1.15 bits per heavy atom. The fourth-order valence-corrected chi connectivity index (χ4v) is 3.87. The molecule has 2 aromatic rings. The standard InChI is InChI=1S/C23H33FN4O5S/c1-14(2)21-19(11-10-17(29)12-18(30)13-20(31)25-3)22(15-6-8-16(24)9-7-15)27-23(26-21)28(4)34(5,32)33/h6-9,14,17-18,29-30H,10-13H2,1-5H3,(H,25,31)/t17-,18-/m1/s1. The number of aliphatic hydroxyl groups excluding tert-OH is 2. The highest BCUT2D eigenvalue weighted by molar-refractivity contribution is 7.92. The quantitative estimate of drug-likeness (QED) is 0.433. The lowest BCUT2D eigenvalue weighted by Crippen LogP contribution is -2.28. The number of rotatable bonds is 11. The molecule has 188 valence electrons. The Balaban J connectivity index is 2.46. The van der Waals surface area contributed by atoms with E-state index in [2.05, 4.69) is 15.3 Å². The molecule has 1 heterocycles. The molecule has 0 bridgehead atoms. The van der Waals surface area contributed by atoms with Crippen LogP contribution in [0.1, 0.15) is 50.3 Å². The highest BCUT2D eigenvalue weighted by Crippen LogP contribution is 2.32. The average molecular weight is 497 g/mol. The number of nitrogens with one attached hydrogen (secondary N) is 1. The molecule has 11 heteroatoms. The van der Waals surface area contributed by atoms with Gasteiger partial charge in [-0.3, -0.25) is 4.79 Å². The normalized spacial score (nSPS) is 13.6. The van der Waals surface area contributed by atoms with Crippen molar-refractivity contribution < 1.29 is 27.8 Å². The molecule has 0 fully saturated rings. The predicted molar refractivity (Wildman–Crippen MR) is 128 cm³/mol. The summed E-state index contributed by atoms with van der Waals surface area (Å²) < 4.78 is 38.8. The van der Waals surface area contributed by atoms with Gasteiger partial charge in [0.05, 0.1) is 36.3 Å². The van der Waals surface area contributed by atoms with Crippen molar-refractivity contribution in [3.8, 4) is 11.3 Å². The lowest BCUT2D eigenvalue weighted by Gasteiger charge is -2.22. The molecule has 1 aromatic carbocycles. The van der Waals surface area contributed by atoms with Crippen molar-refractivity contribution in [2.24, 2.45) is 0 Å². The molecule has 1 amide bonds.